The smallest absolute Gasteiger partial charge is 0.341 e. The van der Waals surface area contributed by atoms with Gasteiger partial charge in [-0.05, 0) is 47.4 Å². The molecule has 2 aromatic carbocycles. The molecule has 0 radical (unpaired) electrons. The van der Waals surface area contributed by atoms with Crippen LogP contribution in [0.2, 0.25) is 0 Å². The highest BCUT2D eigenvalue weighted by Gasteiger charge is 2.33. The first-order valence-electron chi connectivity index (χ1n) is 10.7. The van der Waals surface area contributed by atoms with Crippen LogP contribution in [0.5, 0.6) is 5.75 Å². The first-order chi connectivity index (χ1) is 15.6. The number of hydrogen-bond acceptors (Lipinski definition) is 5. The molecule has 3 aromatic rings. The number of methoxy groups -OCH3 is 1. The van der Waals surface area contributed by atoms with Crippen LogP contribution in [0.1, 0.15) is 50.4 Å². The molecule has 1 aliphatic heterocycles. The molecule has 0 aliphatic carbocycles. The summed E-state index contributed by atoms with van der Waals surface area (Å²) in [5, 5.41) is 0. The van der Waals surface area contributed by atoms with Crippen LogP contribution < -0.4 is 4.74 Å². The molecule has 1 aliphatic rings. The average molecular weight is 431 g/mol. The molecule has 164 valence electrons. The zero-order chi connectivity index (χ0) is 22.5. The van der Waals surface area contributed by atoms with Crippen molar-refractivity contribution >= 4 is 11.9 Å². The summed E-state index contributed by atoms with van der Waals surface area (Å²) in [6.45, 7) is 3.65. The normalized spacial score (nSPS) is 13.4. The van der Waals surface area contributed by atoms with E-state index in [-0.39, 0.29) is 11.8 Å². The molecule has 6 heteroatoms. The van der Waals surface area contributed by atoms with E-state index >= 15 is 0 Å². The summed E-state index contributed by atoms with van der Waals surface area (Å²) < 4.78 is 10.9. The number of hydrogen-bond donors (Lipinski definition) is 0. The molecule has 2 heterocycles. The van der Waals surface area contributed by atoms with E-state index in [0.717, 1.165) is 17.5 Å². The highest BCUT2D eigenvalue weighted by Crippen LogP contribution is 2.32. The van der Waals surface area contributed by atoms with Crippen LogP contribution >= 0.6 is 0 Å². The summed E-state index contributed by atoms with van der Waals surface area (Å²) in [5.74, 6) is 0.121. The van der Waals surface area contributed by atoms with E-state index in [1.165, 1.54) is 12.7 Å². The minimum absolute atomic E-state index is 0.0795. The molecule has 6 nitrogen and oxygen atoms in total. The van der Waals surface area contributed by atoms with Gasteiger partial charge in [-0.1, -0.05) is 43.3 Å². The number of ether oxygens (including phenoxy) is 2. The topological polar surface area (TPSA) is 68.7 Å². The Balaban J connectivity index is 1.44. The van der Waals surface area contributed by atoms with E-state index in [9.17, 15) is 9.59 Å². The summed E-state index contributed by atoms with van der Waals surface area (Å²) >= 11 is 0. The molecule has 1 fully saturated rings. The first-order valence-corrected chi connectivity index (χ1v) is 10.7. The molecule has 1 amide bonds. The summed E-state index contributed by atoms with van der Waals surface area (Å²) in [6, 6.07) is 19.1. The highest BCUT2D eigenvalue weighted by atomic mass is 16.5. The van der Waals surface area contributed by atoms with Gasteiger partial charge in [0, 0.05) is 25.2 Å². The third kappa shape index (κ3) is 4.64. The van der Waals surface area contributed by atoms with Crippen molar-refractivity contribution < 1.29 is 19.1 Å². The standard InChI is InChI=1S/C26H26N2O4/c1-3-18-7-9-19(10-8-18)17-32-24-12-11-20(14-22(24)26(30)31-2)21-15-28(16-21)25(29)23-6-4-5-13-27-23/h4-14,21H,3,15-17H2,1-2H3. The van der Waals surface area contributed by atoms with E-state index in [0.29, 0.717) is 36.7 Å². The molecule has 0 bridgehead atoms. The summed E-state index contributed by atoms with van der Waals surface area (Å²) in [7, 11) is 1.36. The maximum absolute atomic E-state index is 12.5. The number of nitrogens with zero attached hydrogens (tertiary/aromatic N) is 2. The van der Waals surface area contributed by atoms with Crippen molar-refractivity contribution in [1.29, 1.82) is 0 Å². The monoisotopic (exact) mass is 430 g/mol. The van der Waals surface area contributed by atoms with Crippen LogP contribution in [-0.4, -0.2) is 42.0 Å². The second-order valence-corrected chi connectivity index (χ2v) is 7.83. The third-order valence-corrected chi connectivity index (χ3v) is 5.76. The van der Waals surface area contributed by atoms with Crippen molar-refractivity contribution in [2.45, 2.75) is 25.9 Å². The Morgan fingerprint density at radius 2 is 1.78 bits per heavy atom. The number of carbonyl (C=O) groups excluding carboxylic acids is 2. The number of aromatic nitrogens is 1. The Morgan fingerprint density at radius 1 is 1.03 bits per heavy atom. The predicted octanol–water partition coefficient (Wildman–Crippen LogP) is 4.25. The molecular weight excluding hydrogens is 404 g/mol. The lowest BCUT2D eigenvalue weighted by atomic mass is 9.90. The Kier molecular flexibility index (Phi) is 6.50. The first kappa shape index (κ1) is 21.6. The number of amides is 1. The minimum atomic E-state index is -0.441. The maximum atomic E-state index is 12.5. The second kappa shape index (κ2) is 9.64. The van der Waals surface area contributed by atoms with E-state index in [2.05, 4.69) is 24.0 Å². The number of esters is 1. The van der Waals surface area contributed by atoms with Crippen molar-refractivity contribution in [3.8, 4) is 5.75 Å². The number of aryl methyl sites for hydroxylation is 1. The molecule has 0 saturated carbocycles. The van der Waals surface area contributed by atoms with Gasteiger partial charge in [0.1, 0.15) is 23.6 Å². The molecule has 32 heavy (non-hydrogen) atoms. The van der Waals surface area contributed by atoms with Crippen molar-refractivity contribution in [2.24, 2.45) is 0 Å². The molecule has 0 N–H and O–H groups in total. The Labute approximate surface area is 187 Å². The van der Waals surface area contributed by atoms with Gasteiger partial charge >= 0.3 is 5.97 Å². The number of likely N-dealkylation sites (tertiary alicyclic amines) is 1. The highest BCUT2D eigenvalue weighted by molar-refractivity contribution is 5.94. The second-order valence-electron chi connectivity index (χ2n) is 7.83. The molecule has 4 rings (SSSR count). The molecule has 1 aromatic heterocycles. The fourth-order valence-electron chi connectivity index (χ4n) is 3.74. The predicted molar refractivity (Wildman–Crippen MR) is 121 cm³/mol. The van der Waals surface area contributed by atoms with Gasteiger partial charge in [-0.2, -0.15) is 0 Å². The van der Waals surface area contributed by atoms with Gasteiger partial charge in [0.15, 0.2) is 0 Å². The molecule has 0 atom stereocenters. The van der Waals surface area contributed by atoms with E-state index in [1.54, 1.807) is 29.3 Å². The van der Waals surface area contributed by atoms with Gasteiger partial charge < -0.3 is 14.4 Å². The van der Waals surface area contributed by atoms with E-state index in [1.807, 2.05) is 30.3 Å². The molecular formula is C26H26N2O4. The lowest BCUT2D eigenvalue weighted by Crippen LogP contribution is -2.48. The van der Waals surface area contributed by atoms with Crippen LogP contribution in [0.25, 0.3) is 0 Å². The van der Waals surface area contributed by atoms with Crippen LogP contribution in [-0.2, 0) is 17.8 Å². The number of pyridine rings is 1. The fourth-order valence-corrected chi connectivity index (χ4v) is 3.74. The zero-order valence-electron chi connectivity index (χ0n) is 18.3. The lowest BCUT2D eigenvalue weighted by Gasteiger charge is -2.39. The van der Waals surface area contributed by atoms with E-state index in [4.69, 9.17) is 9.47 Å². The van der Waals surface area contributed by atoms with Crippen molar-refractivity contribution in [3.05, 3.63) is 94.8 Å². The Morgan fingerprint density at radius 3 is 2.44 bits per heavy atom. The van der Waals surface area contributed by atoms with Gasteiger partial charge in [0.25, 0.3) is 5.91 Å². The fraction of sp³-hybridized carbons (Fsp3) is 0.269. The summed E-state index contributed by atoms with van der Waals surface area (Å²) in [5.41, 5.74) is 4.12. The third-order valence-electron chi connectivity index (χ3n) is 5.76. The number of benzene rings is 2. The largest absolute Gasteiger partial charge is 0.488 e. The van der Waals surface area contributed by atoms with Gasteiger partial charge in [0.2, 0.25) is 0 Å². The van der Waals surface area contributed by atoms with Crippen LogP contribution in [0, 0.1) is 0 Å². The van der Waals surface area contributed by atoms with Crippen LogP contribution in [0.15, 0.2) is 66.9 Å². The quantitative estimate of drug-likeness (QED) is 0.524. The van der Waals surface area contributed by atoms with Gasteiger partial charge in [-0.15, -0.1) is 0 Å². The van der Waals surface area contributed by atoms with Crippen LogP contribution in [0.3, 0.4) is 0 Å². The van der Waals surface area contributed by atoms with Gasteiger partial charge in [0.05, 0.1) is 7.11 Å². The van der Waals surface area contributed by atoms with Gasteiger partial charge in [-0.3, -0.25) is 9.78 Å². The summed E-state index contributed by atoms with van der Waals surface area (Å²) in [4.78, 5) is 30.8. The molecule has 1 saturated heterocycles. The zero-order valence-corrected chi connectivity index (χ0v) is 18.3. The van der Waals surface area contributed by atoms with E-state index < -0.39 is 5.97 Å². The SMILES string of the molecule is CCc1ccc(COc2ccc(C3CN(C(=O)c4ccccn4)C3)cc2C(=O)OC)cc1. The van der Waals surface area contributed by atoms with Gasteiger partial charge in [-0.25, -0.2) is 4.79 Å². The lowest BCUT2D eigenvalue weighted by molar-refractivity contribution is 0.0580. The maximum Gasteiger partial charge on any atom is 0.341 e. The number of carbonyl (C=O) groups is 2. The van der Waals surface area contributed by atoms with Crippen LogP contribution in [0.4, 0.5) is 0 Å². The molecule has 0 unspecified atom stereocenters. The van der Waals surface area contributed by atoms with Crippen molar-refractivity contribution in [2.75, 3.05) is 20.2 Å². The minimum Gasteiger partial charge on any atom is -0.488 e. The summed E-state index contributed by atoms with van der Waals surface area (Å²) in [6.07, 6.45) is 2.60. The van der Waals surface area contributed by atoms with Crippen molar-refractivity contribution in [1.82, 2.24) is 9.88 Å². The number of rotatable bonds is 7. The Hall–Kier alpha value is -3.67. The average Bonchev–Trinajstić information content (AvgIpc) is 2.82. The van der Waals surface area contributed by atoms with Crippen molar-refractivity contribution in [3.63, 3.8) is 0 Å². The molecule has 0 spiro atoms. The Bertz CT molecular complexity index is 1090.